The van der Waals surface area contributed by atoms with Crippen molar-refractivity contribution in [1.82, 2.24) is 4.90 Å². The molecule has 0 heterocycles. The summed E-state index contributed by atoms with van der Waals surface area (Å²) in [4.78, 5) is 2.49. The zero-order valence-corrected chi connectivity index (χ0v) is 14.9. The molecule has 0 N–H and O–H groups in total. The van der Waals surface area contributed by atoms with Crippen molar-refractivity contribution >= 4 is 0 Å². The van der Waals surface area contributed by atoms with Crippen molar-refractivity contribution in [2.45, 2.75) is 39.0 Å². The zero-order chi connectivity index (χ0) is 16.5. The predicted octanol–water partition coefficient (Wildman–Crippen LogP) is 5.58. The highest BCUT2D eigenvalue weighted by atomic mass is 15.1. The Labute approximate surface area is 142 Å². The Hall–Kier alpha value is -1.60. The van der Waals surface area contributed by atoms with Gasteiger partial charge in [-0.25, -0.2) is 0 Å². The molecule has 1 heteroatoms. The lowest BCUT2D eigenvalue weighted by atomic mass is 9.91. The van der Waals surface area contributed by atoms with Gasteiger partial charge in [0.05, 0.1) is 0 Å². The Morgan fingerprint density at radius 2 is 1.39 bits per heavy atom. The van der Waals surface area contributed by atoms with Gasteiger partial charge in [0.25, 0.3) is 0 Å². The van der Waals surface area contributed by atoms with Crippen LogP contribution in [0.4, 0.5) is 0 Å². The van der Waals surface area contributed by atoms with E-state index in [-0.39, 0.29) is 0 Å². The van der Waals surface area contributed by atoms with Gasteiger partial charge in [-0.2, -0.15) is 0 Å². The van der Waals surface area contributed by atoms with Crippen LogP contribution in [0.5, 0.6) is 0 Å². The molecule has 1 unspecified atom stereocenters. The van der Waals surface area contributed by atoms with Gasteiger partial charge in [-0.15, -0.1) is 0 Å². The number of nitrogens with zero attached hydrogens (tertiary/aromatic N) is 1. The summed E-state index contributed by atoms with van der Waals surface area (Å²) in [6, 6.07) is 21.8. The quantitative estimate of drug-likeness (QED) is 0.585. The molecule has 0 spiro atoms. The van der Waals surface area contributed by atoms with E-state index in [1.54, 1.807) is 0 Å². The summed E-state index contributed by atoms with van der Waals surface area (Å²) in [6.45, 7) is 6.90. The van der Waals surface area contributed by atoms with E-state index in [9.17, 15) is 0 Å². The second kappa shape index (κ2) is 9.52. The minimum absolute atomic E-state index is 0.450. The largest absolute Gasteiger partial charge is 0.305 e. The fraction of sp³-hybridized carbons (Fsp3) is 0.455. The van der Waals surface area contributed by atoms with E-state index in [1.807, 2.05) is 0 Å². The summed E-state index contributed by atoms with van der Waals surface area (Å²) in [5.74, 6) is 1.30. The average molecular weight is 309 g/mol. The highest BCUT2D eigenvalue weighted by Gasteiger charge is 2.16. The summed E-state index contributed by atoms with van der Waals surface area (Å²) < 4.78 is 0. The van der Waals surface area contributed by atoms with Crippen LogP contribution in [0.1, 0.15) is 50.2 Å². The van der Waals surface area contributed by atoms with Gasteiger partial charge in [-0.1, -0.05) is 80.9 Å². The van der Waals surface area contributed by atoms with Gasteiger partial charge in [0, 0.05) is 12.5 Å². The second-order valence-electron chi connectivity index (χ2n) is 6.79. The summed E-state index contributed by atoms with van der Waals surface area (Å²) in [5.41, 5.74) is 2.82. The smallest absolute Gasteiger partial charge is 0.0217 e. The normalized spacial score (nSPS) is 12.7. The van der Waals surface area contributed by atoms with Crippen LogP contribution < -0.4 is 0 Å². The second-order valence-corrected chi connectivity index (χ2v) is 6.79. The van der Waals surface area contributed by atoms with Crippen LogP contribution in [0.2, 0.25) is 0 Å². The standard InChI is InChI=1S/C22H31N/c1-4-19(2)12-11-17-23(3)18-22(20-13-7-5-8-14-20)21-15-9-6-10-16-21/h5-10,13-16,19,22H,4,11-12,17-18H2,1-3H3. The molecule has 124 valence electrons. The molecule has 0 saturated carbocycles. The van der Waals surface area contributed by atoms with Crippen LogP contribution in [0, 0.1) is 5.92 Å². The third kappa shape index (κ3) is 5.84. The van der Waals surface area contributed by atoms with Crippen molar-refractivity contribution in [2.75, 3.05) is 20.1 Å². The van der Waals surface area contributed by atoms with E-state index in [2.05, 4.69) is 86.5 Å². The molecule has 0 fully saturated rings. The Morgan fingerprint density at radius 1 is 0.870 bits per heavy atom. The SMILES string of the molecule is CCC(C)CCCN(C)CC(c1ccccc1)c1ccccc1. The molecule has 2 aromatic rings. The molecule has 2 rings (SSSR count). The van der Waals surface area contributed by atoms with Gasteiger partial charge in [-0.3, -0.25) is 0 Å². The van der Waals surface area contributed by atoms with Gasteiger partial charge in [0.15, 0.2) is 0 Å². The zero-order valence-electron chi connectivity index (χ0n) is 14.9. The van der Waals surface area contributed by atoms with Gasteiger partial charge in [0.2, 0.25) is 0 Å². The Morgan fingerprint density at radius 3 is 1.87 bits per heavy atom. The third-order valence-electron chi connectivity index (χ3n) is 4.83. The summed E-state index contributed by atoms with van der Waals surface area (Å²) in [7, 11) is 2.26. The van der Waals surface area contributed by atoms with Crippen molar-refractivity contribution in [3.63, 3.8) is 0 Å². The molecule has 1 nitrogen and oxygen atoms in total. The number of hydrogen-bond acceptors (Lipinski definition) is 1. The van der Waals surface area contributed by atoms with E-state index in [0.29, 0.717) is 5.92 Å². The fourth-order valence-electron chi connectivity index (χ4n) is 3.09. The first kappa shape index (κ1) is 17.7. The molecule has 0 bridgehead atoms. The first-order valence-electron chi connectivity index (χ1n) is 8.99. The van der Waals surface area contributed by atoms with Crippen molar-refractivity contribution in [3.8, 4) is 0 Å². The molecule has 23 heavy (non-hydrogen) atoms. The molecule has 0 radical (unpaired) electrons. The fourth-order valence-corrected chi connectivity index (χ4v) is 3.09. The van der Waals surface area contributed by atoms with Crippen LogP contribution in [0.25, 0.3) is 0 Å². The first-order chi connectivity index (χ1) is 11.2. The van der Waals surface area contributed by atoms with Crippen LogP contribution in [0.3, 0.4) is 0 Å². The van der Waals surface area contributed by atoms with E-state index in [4.69, 9.17) is 0 Å². The third-order valence-corrected chi connectivity index (χ3v) is 4.83. The van der Waals surface area contributed by atoms with E-state index in [1.165, 1.54) is 36.9 Å². The number of rotatable bonds is 9. The first-order valence-corrected chi connectivity index (χ1v) is 8.99. The lowest BCUT2D eigenvalue weighted by molar-refractivity contribution is 0.305. The maximum atomic E-state index is 2.49. The molecule has 1 atom stereocenters. The molecule has 0 amide bonds. The van der Waals surface area contributed by atoms with E-state index in [0.717, 1.165) is 12.5 Å². The number of likely N-dealkylation sites (N-methyl/N-ethyl adjacent to an activating group) is 1. The number of hydrogen-bond donors (Lipinski definition) is 0. The lowest BCUT2D eigenvalue weighted by Gasteiger charge is -2.25. The number of benzene rings is 2. The maximum absolute atomic E-state index is 2.49. The van der Waals surface area contributed by atoms with Crippen LogP contribution in [-0.4, -0.2) is 25.0 Å². The molecular formula is C22H31N. The highest BCUT2D eigenvalue weighted by Crippen LogP contribution is 2.25. The Balaban J connectivity index is 2.01. The van der Waals surface area contributed by atoms with E-state index >= 15 is 0 Å². The molecule has 2 aromatic carbocycles. The van der Waals surface area contributed by atoms with Gasteiger partial charge < -0.3 is 4.90 Å². The van der Waals surface area contributed by atoms with Crippen molar-refractivity contribution in [3.05, 3.63) is 71.8 Å². The van der Waals surface area contributed by atoms with Gasteiger partial charge in [-0.05, 0) is 43.5 Å². The lowest BCUT2D eigenvalue weighted by Crippen LogP contribution is -2.26. The van der Waals surface area contributed by atoms with E-state index < -0.39 is 0 Å². The van der Waals surface area contributed by atoms with Crippen molar-refractivity contribution < 1.29 is 0 Å². The minimum atomic E-state index is 0.450. The molecule has 0 aliphatic heterocycles. The minimum Gasteiger partial charge on any atom is -0.305 e. The average Bonchev–Trinajstić information content (AvgIpc) is 2.61. The van der Waals surface area contributed by atoms with Gasteiger partial charge in [0.1, 0.15) is 0 Å². The van der Waals surface area contributed by atoms with Crippen molar-refractivity contribution in [1.29, 1.82) is 0 Å². The molecule has 0 aliphatic rings. The molecule has 0 aromatic heterocycles. The van der Waals surface area contributed by atoms with Crippen molar-refractivity contribution in [2.24, 2.45) is 5.92 Å². The molecular weight excluding hydrogens is 278 g/mol. The van der Waals surface area contributed by atoms with Crippen LogP contribution in [0.15, 0.2) is 60.7 Å². The van der Waals surface area contributed by atoms with Gasteiger partial charge >= 0.3 is 0 Å². The summed E-state index contributed by atoms with van der Waals surface area (Å²) >= 11 is 0. The van der Waals surface area contributed by atoms with Crippen LogP contribution >= 0.6 is 0 Å². The summed E-state index contributed by atoms with van der Waals surface area (Å²) in [5, 5.41) is 0. The highest BCUT2D eigenvalue weighted by molar-refractivity contribution is 5.32. The molecule has 0 saturated heterocycles. The summed E-state index contributed by atoms with van der Waals surface area (Å²) in [6.07, 6.45) is 3.92. The maximum Gasteiger partial charge on any atom is 0.0217 e. The predicted molar refractivity (Wildman–Crippen MR) is 101 cm³/mol. The Kier molecular flexibility index (Phi) is 7.35. The van der Waals surface area contributed by atoms with Crippen LogP contribution in [-0.2, 0) is 0 Å². The molecule has 0 aliphatic carbocycles. The topological polar surface area (TPSA) is 3.24 Å². The monoisotopic (exact) mass is 309 g/mol. The Bertz CT molecular complexity index is 495.